The molecule has 0 spiro atoms. The Morgan fingerprint density at radius 1 is 1.73 bits per heavy atom. The second-order valence-corrected chi connectivity index (χ2v) is 4.17. The third-order valence-corrected chi connectivity index (χ3v) is 2.56. The number of hydrogen-bond donors (Lipinski definition) is 2. The Morgan fingerprint density at radius 3 is 2.93 bits per heavy atom. The van der Waals surface area contributed by atoms with E-state index in [1.807, 2.05) is 13.8 Å². The van der Waals surface area contributed by atoms with E-state index in [1.54, 1.807) is 16.5 Å². The minimum absolute atomic E-state index is 0.0382. The normalized spacial score (nSPS) is 10.4. The van der Waals surface area contributed by atoms with Gasteiger partial charge in [-0.2, -0.15) is 0 Å². The average Bonchev–Trinajstić information content (AvgIpc) is 2.65. The number of carbonyl (C=O) groups is 1. The Hall–Kier alpha value is -1.14. The molecule has 6 heteroatoms. The number of hydrogen-bond acceptors (Lipinski definition) is 4. The van der Waals surface area contributed by atoms with Gasteiger partial charge in [-0.3, -0.25) is 5.32 Å². The first-order valence-electron chi connectivity index (χ1n) is 4.73. The summed E-state index contributed by atoms with van der Waals surface area (Å²) < 4.78 is 0. The van der Waals surface area contributed by atoms with Gasteiger partial charge in [0.25, 0.3) is 0 Å². The summed E-state index contributed by atoms with van der Waals surface area (Å²) in [5.41, 5.74) is 0. The van der Waals surface area contributed by atoms with E-state index in [1.165, 1.54) is 11.3 Å². The summed E-state index contributed by atoms with van der Waals surface area (Å²) in [6, 6.07) is -0.175. The highest BCUT2D eigenvalue weighted by molar-refractivity contribution is 7.13. The molecule has 1 rings (SSSR count). The van der Waals surface area contributed by atoms with Crippen LogP contribution in [-0.4, -0.2) is 40.2 Å². The van der Waals surface area contributed by atoms with Crippen LogP contribution in [0, 0.1) is 0 Å². The van der Waals surface area contributed by atoms with E-state index in [0.29, 0.717) is 11.7 Å². The molecule has 0 aliphatic carbocycles. The average molecular weight is 229 g/mol. The smallest absolute Gasteiger partial charge is 0.323 e. The standard InChI is InChI=1S/C9H15N3O2S/c1-7(2)12(4-5-13)9(14)11-8-10-3-6-15-8/h3,6-7,13H,4-5H2,1-2H3,(H,10,11,14). The number of carbonyl (C=O) groups excluding carboxylic acids is 1. The maximum absolute atomic E-state index is 11.7. The summed E-state index contributed by atoms with van der Waals surface area (Å²) in [4.78, 5) is 17.2. The largest absolute Gasteiger partial charge is 0.395 e. The van der Waals surface area contributed by atoms with Crippen LogP contribution in [0.25, 0.3) is 0 Å². The zero-order chi connectivity index (χ0) is 11.3. The second kappa shape index (κ2) is 5.67. The molecule has 2 N–H and O–H groups in total. The van der Waals surface area contributed by atoms with E-state index >= 15 is 0 Å². The quantitative estimate of drug-likeness (QED) is 0.819. The van der Waals surface area contributed by atoms with Gasteiger partial charge in [-0.15, -0.1) is 11.3 Å². The van der Waals surface area contributed by atoms with E-state index in [-0.39, 0.29) is 18.7 Å². The molecule has 0 unspecified atom stereocenters. The van der Waals surface area contributed by atoms with Crippen molar-refractivity contribution < 1.29 is 9.90 Å². The van der Waals surface area contributed by atoms with Crippen LogP contribution in [0.5, 0.6) is 0 Å². The number of urea groups is 1. The van der Waals surface area contributed by atoms with E-state index in [9.17, 15) is 4.79 Å². The summed E-state index contributed by atoms with van der Waals surface area (Å²) in [5.74, 6) is 0. The van der Waals surface area contributed by atoms with Crippen molar-refractivity contribution in [1.82, 2.24) is 9.88 Å². The number of aliphatic hydroxyl groups excluding tert-OH is 1. The lowest BCUT2D eigenvalue weighted by Gasteiger charge is -2.25. The third-order valence-electron chi connectivity index (χ3n) is 1.87. The van der Waals surface area contributed by atoms with Crippen molar-refractivity contribution in [2.45, 2.75) is 19.9 Å². The van der Waals surface area contributed by atoms with Crippen LogP contribution in [0.4, 0.5) is 9.93 Å². The van der Waals surface area contributed by atoms with Crippen molar-refractivity contribution in [2.75, 3.05) is 18.5 Å². The van der Waals surface area contributed by atoms with Crippen LogP contribution < -0.4 is 5.32 Å². The Bertz CT molecular complexity index is 300. The molecule has 0 aliphatic rings. The first kappa shape index (κ1) is 11.9. The van der Waals surface area contributed by atoms with E-state index < -0.39 is 0 Å². The molecule has 0 fully saturated rings. The minimum atomic E-state index is -0.228. The Balaban J connectivity index is 2.56. The lowest BCUT2D eigenvalue weighted by molar-refractivity contribution is 0.172. The van der Waals surface area contributed by atoms with Gasteiger partial charge < -0.3 is 10.0 Å². The zero-order valence-electron chi connectivity index (χ0n) is 8.80. The van der Waals surface area contributed by atoms with Gasteiger partial charge in [-0.25, -0.2) is 9.78 Å². The summed E-state index contributed by atoms with van der Waals surface area (Å²) in [5, 5.41) is 13.9. The van der Waals surface area contributed by atoms with Crippen LogP contribution in [0.3, 0.4) is 0 Å². The fraction of sp³-hybridized carbons (Fsp3) is 0.556. The highest BCUT2D eigenvalue weighted by Crippen LogP contribution is 2.11. The first-order valence-corrected chi connectivity index (χ1v) is 5.61. The molecule has 84 valence electrons. The first-order chi connectivity index (χ1) is 7.15. The summed E-state index contributed by atoms with van der Waals surface area (Å²) in [6.45, 7) is 4.09. The van der Waals surface area contributed by atoms with Crippen molar-refractivity contribution in [3.05, 3.63) is 11.6 Å². The lowest BCUT2D eigenvalue weighted by atomic mass is 10.3. The zero-order valence-corrected chi connectivity index (χ0v) is 9.62. The van der Waals surface area contributed by atoms with Crippen molar-refractivity contribution in [2.24, 2.45) is 0 Å². The number of nitrogens with one attached hydrogen (secondary N) is 1. The van der Waals surface area contributed by atoms with E-state index in [2.05, 4.69) is 10.3 Å². The van der Waals surface area contributed by atoms with Crippen molar-refractivity contribution in [3.8, 4) is 0 Å². The van der Waals surface area contributed by atoms with Crippen molar-refractivity contribution in [1.29, 1.82) is 0 Å². The molecule has 0 bridgehead atoms. The van der Waals surface area contributed by atoms with E-state index in [4.69, 9.17) is 5.11 Å². The molecule has 0 aromatic carbocycles. The predicted molar refractivity (Wildman–Crippen MR) is 60.1 cm³/mol. The number of nitrogens with zero attached hydrogens (tertiary/aromatic N) is 2. The molecule has 0 aliphatic heterocycles. The maximum Gasteiger partial charge on any atom is 0.323 e. The van der Waals surface area contributed by atoms with Gasteiger partial charge in [0.1, 0.15) is 0 Å². The van der Waals surface area contributed by atoms with Gasteiger partial charge in [-0.05, 0) is 13.8 Å². The molecule has 0 saturated carbocycles. The Kier molecular flexibility index (Phi) is 4.51. The number of aromatic nitrogens is 1. The Labute approximate surface area is 92.7 Å². The second-order valence-electron chi connectivity index (χ2n) is 3.28. The van der Waals surface area contributed by atoms with Gasteiger partial charge in [-0.1, -0.05) is 0 Å². The molecule has 0 radical (unpaired) electrons. The maximum atomic E-state index is 11.7. The number of thiazole rings is 1. The summed E-state index contributed by atoms with van der Waals surface area (Å²) in [7, 11) is 0. The highest BCUT2D eigenvalue weighted by Gasteiger charge is 2.16. The van der Waals surface area contributed by atoms with Gasteiger partial charge in [0.2, 0.25) is 0 Å². The molecular weight excluding hydrogens is 214 g/mol. The van der Waals surface area contributed by atoms with Crippen LogP contribution in [0.2, 0.25) is 0 Å². The monoisotopic (exact) mass is 229 g/mol. The van der Waals surface area contributed by atoms with E-state index in [0.717, 1.165) is 0 Å². The molecule has 1 aromatic heterocycles. The fourth-order valence-electron chi connectivity index (χ4n) is 1.15. The molecule has 2 amide bonds. The number of aliphatic hydroxyl groups is 1. The van der Waals surface area contributed by atoms with Crippen LogP contribution in [0.1, 0.15) is 13.8 Å². The number of amides is 2. The van der Waals surface area contributed by atoms with Crippen LogP contribution in [-0.2, 0) is 0 Å². The fourth-order valence-corrected chi connectivity index (χ4v) is 1.67. The highest BCUT2D eigenvalue weighted by atomic mass is 32.1. The van der Waals surface area contributed by atoms with Crippen molar-refractivity contribution in [3.63, 3.8) is 0 Å². The molecule has 0 saturated heterocycles. The summed E-state index contributed by atoms with van der Waals surface area (Å²) in [6.07, 6.45) is 1.63. The Morgan fingerprint density at radius 2 is 2.47 bits per heavy atom. The lowest BCUT2D eigenvalue weighted by Crippen LogP contribution is -2.41. The summed E-state index contributed by atoms with van der Waals surface area (Å²) >= 11 is 1.37. The van der Waals surface area contributed by atoms with Gasteiger partial charge in [0, 0.05) is 24.2 Å². The third kappa shape index (κ3) is 3.49. The van der Waals surface area contributed by atoms with Gasteiger partial charge in [0.15, 0.2) is 5.13 Å². The minimum Gasteiger partial charge on any atom is -0.395 e. The van der Waals surface area contributed by atoms with Crippen molar-refractivity contribution >= 4 is 22.5 Å². The molecular formula is C9H15N3O2S. The van der Waals surface area contributed by atoms with Crippen LogP contribution >= 0.6 is 11.3 Å². The number of anilines is 1. The number of rotatable bonds is 4. The molecule has 15 heavy (non-hydrogen) atoms. The topological polar surface area (TPSA) is 65.5 Å². The molecule has 1 aromatic rings. The molecule has 0 atom stereocenters. The SMILES string of the molecule is CC(C)N(CCO)C(=O)Nc1nccs1. The molecule has 1 heterocycles. The predicted octanol–water partition coefficient (Wildman–Crippen LogP) is 1.38. The van der Waals surface area contributed by atoms with Gasteiger partial charge in [0.05, 0.1) is 6.61 Å². The van der Waals surface area contributed by atoms with Crippen LogP contribution in [0.15, 0.2) is 11.6 Å². The molecule has 5 nitrogen and oxygen atoms in total. The van der Waals surface area contributed by atoms with Gasteiger partial charge >= 0.3 is 6.03 Å².